The van der Waals surface area contributed by atoms with E-state index < -0.39 is 10.0 Å². The van der Waals surface area contributed by atoms with E-state index >= 15 is 0 Å². The van der Waals surface area contributed by atoms with Gasteiger partial charge in [-0.15, -0.1) is 24.0 Å². The lowest BCUT2D eigenvalue weighted by molar-refractivity contribution is 0.587. The Morgan fingerprint density at radius 1 is 1.12 bits per heavy atom. The maximum atomic E-state index is 13.6. The lowest BCUT2D eigenvalue weighted by atomic mass is 10.1. The van der Waals surface area contributed by atoms with Crippen molar-refractivity contribution in [3.63, 3.8) is 0 Å². The van der Waals surface area contributed by atoms with E-state index in [0.29, 0.717) is 37.6 Å². The highest BCUT2D eigenvalue weighted by atomic mass is 127. The van der Waals surface area contributed by atoms with Gasteiger partial charge in [0, 0.05) is 30.2 Å². The van der Waals surface area contributed by atoms with Gasteiger partial charge < -0.3 is 15.6 Å². The fourth-order valence-corrected chi connectivity index (χ4v) is 4.06. The zero-order valence-corrected chi connectivity index (χ0v) is 21.3. The zero-order valence-electron chi connectivity index (χ0n) is 18.1. The zero-order chi connectivity index (χ0) is 22.3. The molecule has 3 rings (SSSR count). The summed E-state index contributed by atoms with van der Waals surface area (Å²) < 4.78 is 39.4. The summed E-state index contributed by atoms with van der Waals surface area (Å²) in [6.07, 6.45) is 2.62. The quantitative estimate of drug-likeness (QED) is 0.180. The van der Waals surface area contributed by atoms with E-state index in [1.807, 2.05) is 31.3 Å². The number of aromatic nitrogens is 1. The minimum Gasteiger partial charge on any atom is -0.361 e. The molecule has 0 spiro atoms. The first-order valence-corrected chi connectivity index (χ1v) is 11.8. The fraction of sp³-hybridized carbons (Fsp3) is 0.318. The van der Waals surface area contributed by atoms with E-state index in [4.69, 9.17) is 0 Å². The number of nitrogens with zero attached hydrogens (tertiary/aromatic N) is 1. The monoisotopic (exact) mass is 573 g/mol. The molecule has 174 valence electrons. The van der Waals surface area contributed by atoms with Crippen LogP contribution in [0, 0.1) is 5.82 Å². The van der Waals surface area contributed by atoms with E-state index in [2.05, 4.69) is 25.3 Å². The van der Waals surface area contributed by atoms with Crippen LogP contribution in [0.25, 0.3) is 10.9 Å². The summed E-state index contributed by atoms with van der Waals surface area (Å²) in [5, 5.41) is 7.39. The van der Waals surface area contributed by atoms with E-state index in [9.17, 15) is 12.8 Å². The summed E-state index contributed by atoms with van der Waals surface area (Å²) in [6, 6.07) is 12.1. The standard InChI is InChI=1S/C22H28FN5O2S.HI/c1-3-25-22(26-10-9-18-14-27-21-8-7-19(23)12-20(18)21)28-13-16-5-4-6-17(11-16)15-31(29,30)24-2;/h4-8,11-12,14,24,27H,3,9-10,13,15H2,1-2H3,(H2,25,26,28);1H. The first-order chi connectivity index (χ1) is 14.9. The van der Waals surface area contributed by atoms with Crippen molar-refractivity contribution >= 4 is 50.9 Å². The minimum absolute atomic E-state index is 0. The van der Waals surface area contributed by atoms with Gasteiger partial charge in [0.05, 0.1) is 12.3 Å². The highest BCUT2D eigenvalue weighted by Gasteiger charge is 2.09. The molecule has 0 bridgehead atoms. The first kappa shape index (κ1) is 26.1. The second-order valence-electron chi connectivity index (χ2n) is 7.16. The van der Waals surface area contributed by atoms with Gasteiger partial charge in [-0.05, 0) is 55.3 Å². The van der Waals surface area contributed by atoms with Crippen molar-refractivity contribution in [1.82, 2.24) is 20.3 Å². The van der Waals surface area contributed by atoms with Crippen molar-refractivity contribution in [1.29, 1.82) is 0 Å². The summed E-state index contributed by atoms with van der Waals surface area (Å²) in [6.45, 7) is 3.75. The van der Waals surface area contributed by atoms with Crippen LogP contribution in [-0.4, -0.2) is 39.5 Å². The van der Waals surface area contributed by atoms with Gasteiger partial charge in [0.2, 0.25) is 10.0 Å². The second-order valence-corrected chi connectivity index (χ2v) is 9.09. The van der Waals surface area contributed by atoms with Crippen LogP contribution in [0.3, 0.4) is 0 Å². The molecule has 0 aliphatic carbocycles. The van der Waals surface area contributed by atoms with E-state index in [0.717, 1.165) is 22.0 Å². The Hall–Kier alpha value is -2.18. The minimum atomic E-state index is -3.32. The van der Waals surface area contributed by atoms with Gasteiger partial charge in [-0.2, -0.15) is 0 Å². The van der Waals surface area contributed by atoms with Crippen LogP contribution in [0.5, 0.6) is 0 Å². The molecule has 0 aliphatic heterocycles. The Kier molecular flexibility index (Phi) is 9.91. The fourth-order valence-electron chi connectivity index (χ4n) is 3.29. The van der Waals surface area contributed by atoms with Gasteiger partial charge in [0.1, 0.15) is 5.82 Å². The molecule has 0 saturated carbocycles. The number of aliphatic imine (C=N–C) groups is 1. The summed E-state index contributed by atoms with van der Waals surface area (Å²) in [7, 11) is -1.91. The molecule has 4 N–H and O–H groups in total. The summed E-state index contributed by atoms with van der Waals surface area (Å²) >= 11 is 0. The molecule has 0 fully saturated rings. The first-order valence-electron chi connectivity index (χ1n) is 10.2. The molecule has 0 amide bonds. The number of halogens is 2. The number of H-pyrrole nitrogens is 1. The van der Waals surface area contributed by atoms with Crippen LogP contribution in [0.2, 0.25) is 0 Å². The number of rotatable bonds is 9. The molecule has 0 unspecified atom stereocenters. The van der Waals surface area contributed by atoms with E-state index in [1.165, 1.54) is 13.1 Å². The number of guanidine groups is 1. The molecule has 32 heavy (non-hydrogen) atoms. The van der Waals surface area contributed by atoms with Gasteiger partial charge in [0.15, 0.2) is 5.96 Å². The maximum Gasteiger partial charge on any atom is 0.215 e. The van der Waals surface area contributed by atoms with E-state index in [1.54, 1.807) is 18.2 Å². The highest BCUT2D eigenvalue weighted by Crippen LogP contribution is 2.19. The number of hydrogen-bond donors (Lipinski definition) is 4. The van der Waals surface area contributed by atoms with Crippen molar-refractivity contribution < 1.29 is 12.8 Å². The Labute approximate surface area is 205 Å². The molecule has 0 aliphatic rings. The molecule has 0 saturated heterocycles. The van der Waals surface area contributed by atoms with Crippen molar-refractivity contribution in [3.05, 3.63) is 71.2 Å². The van der Waals surface area contributed by atoms with E-state index in [-0.39, 0.29) is 35.5 Å². The molecule has 10 heteroatoms. The number of fused-ring (bicyclic) bond motifs is 1. The third-order valence-corrected chi connectivity index (χ3v) is 6.17. The molecular weight excluding hydrogens is 544 g/mol. The SMILES string of the molecule is CCNC(=NCc1cccc(CS(=O)(=O)NC)c1)NCCc1c[nH]c2ccc(F)cc12.I. The molecule has 3 aromatic rings. The average molecular weight is 573 g/mol. The van der Waals surface area contributed by atoms with Gasteiger partial charge in [-0.1, -0.05) is 24.3 Å². The van der Waals surface area contributed by atoms with Crippen LogP contribution >= 0.6 is 24.0 Å². The van der Waals surface area contributed by atoms with Crippen molar-refractivity contribution in [2.24, 2.45) is 4.99 Å². The number of aromatic amines is 1. The molecule has 1 heterocycles. The Morgan fingerprint density at radius 2 is 1.91 bits per heavy atom. The Morgan fingerprint density at radius 3 is 2.66 bits per heavy atom. The van der Waals surface area contributed by atoms with Crippen LogP contribution in [0.1, 0.15) is 23.6 Å². The Bertz CT molecular complexity index is 1160. The molecule has 0 radical (unpaired) electrons. The lowest BCUT2D eigenvalue weighted by Crippen LogP contribution is -2.38. The van der Waals surface area contributed by atoms with Gasteiger partial charge in [-0.3, -0.25) is 0 Å². The normalized spacial score (nSPS) is 11.9. The number of sulfonamides is 1. The molecular formula is C22H29FIN5O2S. The summed E-state index contributed by atoms with van der Waals surface area (Å²) in [5.41, 5.74) is 3.59. The molecule has 0 atom stereocenters. The maximum absolute atomic E-state index is 13.6. The van der Waals surface area contributed by atoms with Crippen LogP contribution in [0.4, 0.5) is 4.39 Å². The predicted octanol–water partition coefficient (Wildman–Crippen LogP) is 3.27. The highest BCUT2D eigenvalue weighted by molar-refractivity contribution is 14.0. The Balaban J connectivity index is 0.00000363. The summed E-state index contributed by atoms with van der Waals surface area (Å²) in [4.78, 5) is 7.76. The van der Waals surface area contributed by atoms with Crippen LogP contribution < -0.4 is 15.4 Å². The molecule has 2 aromatic carbocycles. The van der Waals surface area contributed by atoms with Crippen molar-refractivity contribution in [2.45, 2.75) is 25.6 Å². The third kappa shape index (κ3) is 7.45. The number of hydrogen-bond acceptors (Lipinski definition) is 3. The van der Waals surface area contributed by atoms with Crippen LogP contribution in [0.15, 0.2) is 53.7 Å². The third-order valence-electron chi connectivity index (χ3n) is 4.84. The lowest BCUT2D eigenvalue weighted by Gasteiger charge is -2.11. The van der Waals surface area contributed by atoms with Crippen LogP contribution in [-0.2, 0) is 28.7 Å². The predicted molar refractivity (Wildman–Crippen MR) is 138 cm³/mol. The number of nitrogens with one attached hydrogen (secondary N) is 4. The largest absolute Gasteiger partial charge is 0.361 e. The van der Waals surface area contributed by atoms with Crippen molar-refractivity contribution in [3.8, 4) is 0 Å². The molecule has 7 nitrogen and oxygen atoms in total. The molecule has 1 aromatic heterocycles. The number of benzene rings is 2. The van der Waals surface area contributed by atoms with Crippen molar-refractivity contribution in [2.75, 3.05) is 20.1 Å². The smallest absolute Gasteiger partial charge is 0.215 e. The average Bonchev–Trinajstić information content (AvgIpc) is 3.14. The topological polar surface area (TPSA) is 98.4 Å². The van der Waals surface area contributed by atoms with Gasteiger partial charge in [-0.25, -0.2) is 22.5 Å². The summed E-state index contributed by atoms with van der Waals surface area (Å²) in [5.74, 6) is 0.354. The van der Waals surface area contributed by atoms with Gasteiger partial charge >= 0.3 is 0 Å². The van der Waals surface area contributed by atoms with Gasteiger partial charge in [0.25, 0.3) is 0 Å². The second kappa shape index (κ2) is 12.2.